The summed E-state index contributed by atoms with van der Waals surface area (Å²) in [5.41, 5.74) is 22.6. The maximum atomic E-state index is 6.70. The van der Waals surface area contributed by atoms with Gasteiger partial charge in [0.1, 0.15) is 11.2 Å². The topological polar surface area (TPSA) is 16.4 Å². The van der Waals surface area contributed by atoms with E-state index >= 15 is 0 Å². The molecule has 0 fully saturated rings. The van der Waals surface area contributed by atoms with Crippen molar-refractivity contribution >= 4 is 39.0 Å². The molecule has 2 heteroatoms. The van der Waals surface area contributed by atoms with Crippen LogP contribution in [0.25, 0.3) is 77.6 Å². The van der Waals surface area contributed by atoms with Crippen LogP contribution in [-0.4, -0.2) is 0 Å². The molecule has 2 nitrogen and oxygen atoms in total. The molecule has 0 unspecified atom stereocenters. The average Bonchev–Trinajstić information content (AvgIpc) is 3.89. The molecule has 0 aliphatic heterocycles. The molecule has 0 bridgehead atoms. The Labute approximate surface area is 363 Å². The van der Waals surface area contributed by atoms with Crippen LogP contribution in [0.1, 0.15) is 49.9 Å². The van der Waals surface area contributed by atoms with Crippen LogP contribution >= 0.6 is 0 Å². The number of hydrogen-bond donors (Lipinski definition) is 0. The van der Waals surface area contributed by atoms with Gasteiger partial charge in [0.25, 0.3) is 0 Å². The molecule has 0 saturated carbocycles. The average molecular weight is 796 g/mol. The molecule has 0 amide bonds. The molecule has 62 heavy (non-hydrogen) atoms. The molecule has 2 aliphatic carbocycles. The third-order valence-electron chi connectivity index (χ3n) is 13.9. The van der Waals surface area contributed by atoms with Gasteiger partial charge >= 0.3 is 0 Å². The van der Waals surface area contributed by atoms with Gasteiger partial charge in [0, 0.05) is 38.7 Å². The van der Waals surface area contributed by atoms with E-state index in [1.807, 2.05) is 0 Å². The van der Waals surface area contributed by atoms with Gasteiger partial charge in [-0.15, -0.1) is 0 Å². The zero-order chi connectivity index (χ0) is 41.7. The molecule has 10 aromatic rings. The first-order valence-electron chi connectivity index (χ1n) is 21.8. The Kier molecular flexibility index (Phi) is 7.96. The summed E-state index contributed by atoms with van der Waals surface area (Å²) in [4.78, 5) is 2.45. The first-order chi connectivity index (χ1) is 30.3. The van der Waals surface area contributed by atoms with E-state index in [2.05, 4.69) is 233 Å². The smallest absolute Gasteiger partial charge is 0.135 e. The summed E-state index contributed by atoms with van der Waals surface area (Å²) in [5, 5.41) is 2.33. The van der Waals surface area contributed by atoms with Crippen molar-refractivity contribution in [3.63, 3.8) is 0 Å². The number of anilines is 3. The van der Waals surface area contributed by atoms with E-state index < -0.39 is 0 Å². The summed E-state index contributed by atoms with van der Waals surface area (Å²) in [7, 11) is 0. The molecular weight excluding hydrogens is 751 g/mol. The lowest BCUT2D eigenvalue weighted by atomic mass is 9.80. The van der Waals surface area contributed by atoms with Crippen LogP contribution in [0.2, 0.25) is 0 Å². The van der Waals surface area contributed by atoms with Gasteiger partial charge in [-0.05, 0) is 126 Å². The molecule has 0 N–H and O–H groups in total. The molecule has 0 spiro atoms. The van der Waals surface area contributed by atoms with E-state index in [4.69, 9.17) is 4.42 Å². The van der Waals surface area contributed by atoms with Crippen molar-refractivity contribution in [2.45, 2.75) is 38.5 Å². The Hall–Kier alpha value is -7.42. The van der Waals surface area contributed by atoms with Crippen LogP contribution in [0, 0.1) is 0 Å². The fourth-order valence-electron chi connectivity index (χ4n) is 10.8. The van der Waals surface area contributed by atoms with Gasteiger partial charge in [0.15, 0.2) is 0 Å². The number of fused-ring (bicyclic) bond motifs is 10. The number of nitrogens with zero attached hydrogens (tertiary/aromatic N) is 1. The van der Waals surface area contributed by atoms with Crippen molar-refractivity contribution < 1.29 is 4.42 Å². The van der Waals surface area contributed by atoms with Gasteiger partial charge in [-0.2, -0.15) is 0 Å². The molecule has 1 aromatic heterocycles. The summed E-state index contributed by atoms with van der Waals surface area (Å²) in [6.07, 6.45) is 0. The summed E-state index contributed by atoms with van der Waals surface area (Å²) >= 11 is 0. The molecule has 0 radical (unpaired) electrons. The third kappa shape index (κ3) is 5.43. The van der Waals surface area contributed by atoms with E-state index in [0.29, 0.717) is 0 Å². The van der Waals surface area contributed by atoms with Gasteiger partial charge in [0.05, 0.1) is 0 Å². The van der Waals surface area contributed by atoms with Crippen molar-refractivity contribution in [3.8, 4) is 55.6 Å². The van der Waals surface area contributed by atoms with E-state index in [-0.39, 0.29) is 10.8 Å². The van der Waals surface area contributed by atoms with Crippen molar-refractivity contribution in [1.29, 1.82) is 0 Å². The van der Waals surface area contributed by atoms with Crippen LogP contribution in [0.4, 0.5) is 17.1 Å². The second-order valence-electron chi connectivity index (χ2n) is 18.1. The maximum absolute atomic E-state index is 6.70. The lowest BCUT2D eigenvalue weighted by molar-refractivity contribution is 0.657. The van der Waals surface area contributed by atoms with Crippen LogP contribution in [0.5, 0.6) is 0 Å². The van der Waals surface area contributed by atoms with Crippen molar-refractivity contribution in [2.24, 2.45) is 0 Å². The highest BCUT2D eigenvalue weighted by molar-refractivity contribution is 6.12. The standard InChI is InChI=1S/C60H45NO/c1-59(2)52-21-13-11-19-46(52)48-31-28-44(37-54(48)59)61(43-29-33-55-51(36-43)57-56(62-55)34-32-49-47-20-12-14-22-53(47)60(3,4)58(49)57)42-27-30-45(50(35-42)40-17-9-6-10-18-40)41-25-23-39(24-26-41)38-15-7-5-8-16-38/h5-37H,1-4H3. The summed E-state index contributed by atoms with van der Waals surface area (Å²) < 4.78 is 6.70. The summed E-state index contributed by atoms with van der Waals surface area (Å²) in [6, 6.07) is 73.5. The SMILES string of the molecule is CC1(C)c2ccccc2-c2ccc(N(c3ccc(-c4ccc(-c5ccccc5)cc4)c(-c4ccccc4)c3)c3ccc4oc5ccc6c(c5c4c3)C(C)(C)c3ccccc3-6)cc21. The maximum Gasteiger partial charge on any atom is 0.135 e. The molecule has 9 aromatic carbocycles. The normalized spacial score (nSPS) is 14.1. The minimum absolute atomic E-state index is 0.148. The Bertz CT molecular complexity index is 3390. The lowest BCUT2D eigenvalue weighted by Crippen LogP contribution is -2.16. The second-order valence-corrected chi connectivity index (χ2v) is 18.1. The number of rotatable bonds is 6. The molecule has 0 saturated heterocycles. The quantitative estimate of drug-likeness (QED) is 0.167. The van der Waals surface area contributed by atoms with Crippen molar-refractivity contribution in [1.82, 2.24) is 0 Å². The van der Waals surface area contributed by atoms with E-state index in [1.165, 1.54) is 83.3 Å². The van der Waals surface area contributed by atoms with E-state index in [1.54, 1.807) is 0 Å². The molecule has 1 heterocycles. The molecule has 12 rings (SSSR count). The monoisotopic (exact) mass is 795 g/mol. The van der Waals surface area contributed by atoms with Crippen LogP contribution in [-0.2, 0) is 10.8 Å². The van der Waals surface area contributed by atoms with Crippen molar-refractivity contribution in [2.75, 3.05) is 4.90 Å². The first kappa shape index (κ1) is 36.4. The second kappa shape index (κ2) is 13.5. The predicted molar refractivity (Wildman–Crippen MR) is 260 cm³/mol. The zero-order valence-corrected chi connectivity index (χ0v) is 35.4. The number of hydrogen-bond acceptors (Lipinski definition) is 2. The van der Waals surface area contributed by atoms with Gasteiger partial charge in [-0.3, -0.25) is 0 Å². The third-order valence-corrected chi connectivity index (χ3v) is 13.9. The van der Waals surface area contributed by atoms with Crippen LogP contribution < -0.4 is 4.90 Å². The van der Waals surface area contributed by atoms with Crippen LogP contribution in [0.3, 0.4) is 0 Å². The summed E-state index contributed by atoms with van der Waals surface area (Å²) in [5.74, 6) is 0. The zero-order valence-electron chi connectivity index (χ0n) is 35.4. The molecular formula is C60H45NO. The minimum Gasteiger partial charge on any atom is -0.456 e. The predicted octanol–water partition coefficient (Wildman–Crippen LogP) is 16.7. The van der Waals surface area contributed by atoms with Gasteiger partial charge < -0.3 is 9.32 Å². The van der Waals surface area contributed by atoms with E-state index in [0.717, 1.165) is 33.6 Å². The highest BCUT2D eigenvalue weighted by Gasteiger charge is 2.39. The fraction of sp³-hybridized carbons (Fsp3) is 0.100. The van der Waals surface area contributed by atoms with Gasteiger partial charge in [-0.25, -0.2) is 0 Å². The Morgan fingerprint density at radius 3 is 1.55 bits per heavy atom. The Morgan fingerprint density at radius 1 is 0.339 bits per heavy atom. The van der Waals surface area contributed by atoms with Gasteiger partial charge in [-0.1, -0.05) is 179 Å². The summed E-state index contributed by atoms with van der Waals surface area (Å²) in [6.45, 7) is 9.44. The highest BCUT2D eigenvalue weighted by Crippen LogP contribution is 2.54. The Balaban J connectivity index is 1.07. The van der Waals surface area contributed by atoms with Crippen molar-refractivity contribution in [3.05, 3.63) is 222 Å². The van der Waals surface area contributed by atoms with Gasteiger partial charge in [0.2, 0.25) is 0 Å². The first-order valence-corrected chi connectivity index (χ1v) is 21.8. The fourth-order valence-corrected chi connectivity index (χ4v) is 10.8. The minimum atomic E-state index is -0.182. The molecule has 296 valence electrons. The highest BCUT2D eigenvalue weighted by atomic mass is 16.3. The van der Waals surface area contributed by atoms with Crippen LogP contribution in [0.15, 0.2) is 205 Å². The lowest BCUT2D eigenvalue weighted by Gasteiger charge is -2.29. The Morgan fingerprint density at radius 2 is 0.823 bits per heavy atom. The van der Waals surface area contributed by atoms with E-state index in [9.17, 15) is 0 Å². The molecule has 2 aliphatic rings. The number of benzene rings is 9. The number of furan rings is 1. The largest absolute Gasteiger partial charge is 0.456 e. The molecule has 0 atom stereocenters.